The van der Waals surface area contributed by atoms with Gasteiger partial charge >= 0.3 is 0 Å². The molecule has 110 valence electrons. The fourth-order valence-corrected chi connectivity index (χ4v) is 2.48. The molecule has 0 aliphatic rings. The molecular weight excluding hydrogens is 332 g/mol. The first-order valence-corrected chi connectivity index (χ1v) is 7.66. The number of halogens is 1. The Bertz CT molecular complexity index is 614. The highest BCUT2D eigenvalue weighted by Crippen LogP contribution is 2.27. The molecule has 1 unspecified atom stereocenters. The van der Waals surface area contributed by atoms with Gasteiger partial charge in [0.2, 0.25) is 0 Å². The lowest BCUT2D eigenvalue weighted by molar-refractivity contribution is -0.384. The number of nitrogens with zero attached hydrogens (tertiary/aromatic N) is 1. The average Bonchev–Trinajstić information content (AvgIpc) is 2.49. The second kappa shape index (κ2) is 7.22. The van der Waals surface area contributed by atoms with Gasteiger partial charge in [-0.25, -0.2) is 0 Å². The lowest BCUT2D eigenvalue weighted by Gasteiger charge is -2.20. The molecule has 0 heterocycles. The van der Waals surface area contributed by atoms with Crippen LogP contribution in [-0.2, 0) is 0 Å². The van der Waals surface area contributed by atoms with Gasteiger partial charge in [-0.1, -0.05) is 41.4 Å². The van der Waals surface area contributed by atoms with Gasteiger partial charge in [0.25, 0.3) is 5.69 Å². The van der Waals surface area contributed by atoms with Gasteiger partial charge in [-0.15, -0.1) is 0 Å². The minimum absolute atomic E-state index is 0.0658. The Kier molecular flexibility index (Phi) is 5.33. The van der Waals surface area contributed by atoms with Crippen LogP contribution in [0.2, 0.25) is 0 Å². The van der Waals surface area contributed by atoms with Crippen molar-refractivity contribution in [2.45, 2.75) is 25.8 Å². The SMILES string of the molecule is CCCC(Nc1ccc(Br)cc1)c1cccc([N+](=O)[O-])c1. The van der Waals surface area contributed by atoms with Crippen LogP contribution in [0.3, 0.4) is 0 Å². The molecular formula is C16H17BrN2O2. The summed E-state index contributed by atoms with van der Waals surface area (Å²) in [6.45, 7) is 2.10. The largest absolute Gasteiger partial charge is 0.378 e. The molecule has 0 saturated heterocycles. The molecule has 0 aliphatic heterocycles. The number of non-ortho nitro benzene ring substituents is 1. The highest BCUT2D eigenvalue weighted by atomic mass is 79.9. The van der Waals surface area contributed by atoms with Gasteiger partial charge in [-0.2, -0.15) is 0 Å². The lowest BCUT2D eigenvalue weighted by Crippen LogP contribution is -2.10. The fraction of sp³-hybridized carbons (Fsp3) is 0.250. The molecule has 4 nitrogen and oxygen atoms in total. The van der Waals surface area contributed by atoms with Crippen molar-refractivity contribution >= 4 is 27.3 Å². The highest BCUT2D eigenvalue weighted by Gasteiger charge is 2.14. The molecule has 0 saturated carbocycles. The molecule has 0 spiro atoms. The van der Waals surface area contributed by atoms with E-state index < -0.39 is 0 Å². The van der Waals surface area contributed by atoms with Gasteiger partial charge < -0.3 is 5.32 Å². The summed E-state index contributed by atoms with van der Waals surface area (Å²) in [5, 5.41) is 14.4. The summed E-state index contributed by atoms with van der Waals surface area (Å²) in [5.41, 5.74) is 2.07. The minimum atomic E-state index is -0.355. The van der Waals surface area contributed by atoms with Crippen LogP contribution in [-0.4, -0.2) is 4.92 Å². The van der Waals surface area contributed by atoms with Crippen molar-refractivity contribution in [1.82, 2.24) is 0 Å². The molecule has 21 heavy (non-hydrogen) atoms. The van der Waals surface area contributed by atoms with E-state index >= 15 is 0 Å². The van der Waals surface area contributed by atoms with Gasteiger partial charge in [-0.05, 0) is 36.2 Å². The molecule has 1 atom stereocenters. The van der Waals surface area contributed by atoms with E-state index in [2.05, 4.69) is 28.2 Å². The molecule has 0 aliphatic carbocycles. The van der Waals surface area contributed by atoms with Crippen molar-refractivity contribution < 1.29 is 4.92 Å². The van der Waals surface area contributed by atoms with Crippen molar-refractivity contribution in [1.29, 1.82) is 0 Å². The van der Waals surface area contributed by atoms with Crippen LogP contribution in [0, 0.1) is 10.1 Å². The van der Waals surface area contributed by atoms with Crippen molar-refractivity contribution in [3.8, 4) is 0 Å². The normalized spacial score (nSPS) is 11.9. The first-order valence-electron chi connectivity index (χ1n) is 6.86. The number of rotatable bonds is 6. The summed E-state index contributed by atoms with van der Waals surface area (Å²) in [4.78, 5) is 10.6. The maximum Gasteiger partial charge on any atom is 0.269 e. The van der Waals surface area contributed by atoms with E-state index in [0.717, 1.165) is 28.6 Å². The monoisotopic (exact) mass is 348 g/mol. The number of anilines is 1. The van der Waals surface area contributed by atoms with Crippen LogP contribution in [0.5, 0.6) is 0 Å². The second-order valence-corrected chi connectivity index (χ2v) is 5.76. The summed E-state index contributed by atoms with van der Waals surface area (Å²) in [6.07, 6.45) is 1.91. The van der Waals surface area contributed by atoms with Crippen LogP contribution in [0.4, 0.5) is 11.4 Å². The molecule has 2 aromatic carbocycles. The fourth-order valence-electron chi connectivity index (χ4n) is 2.21. The van der Waals surface area contributed by atoms with E-state index in [9.17, 15) is 10.1 Å². The molecule has 0 radical (unpaired) electrons. The molecule has 0 aromatic heterocycles. The van der Waals surface area contributed by atoms with Gasteiger partial charge in [0, 0.05) is 22.3 Å². The molecule has 0 fully saturated rings. The van der Waals surface area contributed by atoms with Gasteiger partial charge in [0.15, 0.2) is 0 Å². The predicted octanol–water partition coefficient (Wildman–Crippen LogP) is 5.31. The van der Waals surface area contributed by atoms with Crippen molar-refractivity contribution in [3.63, 3.8) is 0 Å². The Morgan fingerprint density at radius 2 is 1.95 bits per heavy atom. The van der Waals surface area contributed by atoms with Gasteiger partial charge in [0.1, 0.15) is 0 Å². The topological polar surface area (TPSA) is 55.2 Å². The number of nitro benzene ring substituents is 1. The Morgan fingerprint density at radius 3 is 2.57 bits per heavy atom. The van der Waals surface area contributed by atoms with Crippen molar-refractivity contribution in [3.05, 3.63) is 68.7 Å². The summed E-state index contributed by atoms with van der Waals surface area (Å²) in [5.74, 6) is 0. The highest BCUT2D eigenvalue weighted by molar-refractivity contribution is 9.10. The third-order valence-corrected chi connectivity index (χ3v) is 3.77. The van der Waals surface area contributed by atoms with Crippen molar-refractivity contribution in [2.75, 3.05) is 5.32 Å². The molecule has 5 heteroatoms. The molecule has 1 N–H and O–H groups in total. The van der Waals surface area contributed by atoms with E-state index in [1.165, 1.54) is 6.07 Å². The summed E-state index contributed by atoms with van der Waals surface area (Å²) < 4.78 is 1.02. The van der Waals surface area contributed by atoms with Crippen molar-refractivity contribution in [2.24, 2.45) is 0 Å². The maximum absolute atomic E-state index is 10.9. The van der Waals surface area contributed by atoms with Crippen LogP contribution in [0.25, 0.3) is 0 Å². The summed E-state index contributed by atoms with van der Waals surface area (Å²) in [6, 6.07) is 14.8. The third kappa shape index (κ3) is 4.29. The Balaban J connectivity index is 2.23. The van der Waals surface area contributed by atoms with E-state index in [1.807, 2.05) is 30.3 Å². The van der Waals surface area contributed by atoms with E-state index in [4.69, 9.17) is 0 Å². The number of benzene rings is 2. The second-order valence-electron chi connectivity index (χ2n) is 4.84. The number of nitrogens with one attached hydrogen (secondary N) is 1. The first-order chi connectivity index (χ1) is 10.1. The van der Waals surface area contributed by atoms with E-state index in [-0.39, 0.29) is 16.7 Å². The van der Waals surface area contributed by atoms with Crippen LogP contribution in [0.1, 0.15) is 31.4 Å². The van der Waals surface area contributed by atoms with E-state index in [0.29, 0.717) is 0 Å². The van der Waals surface area contributed by atoms with Crippen LogP contribution < -0.4 is 5.32 Å². The summed E-state index contributed by atoms with van der Waals surface area (Å²) in [7, 11) is 0. The predicted molar refractivity (Wildman–Crippen MR) is 88.5 cm³/mol. The zero-order valence-electron chi connectivity index (χ0n) is 11.8. The quantitative estimate of drug-likeness (QED) is 0.568. The van der Waals surface area contributed by atoms with Gasteiger partial charge in [-0.3, -0.25) is 10.1 Å². The number of hydrogen-bond acceptors (Lipinski definition) is 3. The molecule has 0 amide bonds. The Hall–Kier alpha value is -1.88. The zero-order valence-corrected chi connectivity index (χ0v) is 13.3. The number of hydrogen-bond donors (Lipinski definition) is 1. The van der Waals surface area contributed by atoms with Gasteiger partial charge in [0.05, 0.1) is 11.0 Å². The summed E-state index contributed by atoms with van der Waals surface area (Å²) >= 11 is 3.41. The number of nitro groups is 1. The van der Waals surface area contributed by atoms with Crippen LogP contribution >= 0.6 is 15.9 Å². The Morgan fingerprint density at radius 1 is 1.24 bits per heavy atom. The van der Waals surface area contributed by atoms with E-state index in [1.54, 1.807) is 12.1 Å². The average molecular weight is 349 g/mol. The smallest absolute Gasteiger partial charge is 0.269 e. The Labute approximate surface area is 132 Å². The maximum atomic E-state index is 10.9. The molecule has 2 rings (SSSR count). The lowest BCUT2D eigenvalue weighted by atomic mass is 10.0. The third-order valence-electron chi connectivity index (χ3n) is 3.25. The zero-order chi connectivity index (χ0) is 15.2. The van der Waals surface area contributed by atoms with Crippen LogP contribution in [0.15, 0.2) is 53.0 Å². The standard InChI is InChI=1S/C16H17BrN2O2/c1-2-4-16(18-14-9-7-13(17)8-10-14)12-5-3-6-15(11-12)19(20)21/h3,5-11,16,18H,2,4H2,1H3. The molecule has 0 bridgehead atoms. The molecule has 2 aromatic rings. The minimum Gasteiger partial charge on any atom is -0.378 e. The first kappa shape index (κ1) is 15.5.